The number of aliphatic hydroxyl groups excluding tert-OH is 1. The molecule has 0 fully saturated rings. The van der Waals surface area contributed by atoms with Gasteiger partial charge >= 0.3 is 0 Å². The van der Waals surface area contributed by atoms with Gasteiger partial charge in [-0.15, -0.1) is 0 Å². The Labute approximate surface area is 151 Å². The number of aromatic hydroxyl groups is 3. The number of hydrogen-bond acceptors (Lipinski definition) is 6. The van der Waals surface area contributed by atoms with Gasteiger partial charge in [-0.05, 0) is 49.8 Å². The molecule has 0 heterocycles. The van der Waals surface area contributed by atoms with Crippen LogP contribution in [0.1, 0.15) is 35.3 Å². The van der Waals surface area contributed by atoms with E-state index < -0.39 is 23.2 Å². The van der Waals surface area contributed by atoms with Gasteiger partial charge in [0.05, 0.1) is 17.3 Å². The van der Waals surface area contributed by atoms with Crippen LogP contribution >= 0.6 is 0 Å². The van der Waals surface area contributed by atoms with E-state index in [0.717, 1.165) is 0 Å². The molecule has 26 heavy (non-hydrogen) atoms. The fraction of sp³-hybridized carbons (Fsp3) is 0.250. The maximum Gasteiger partial charge on any atom is 0.189 e. The predicted molar refractivity (Wildman–Crippen MR) is 97.3 cm³/mol. The monoisotopic (exact) mass is 358 g/mol. The summed E-state index contributed by atoms with van der Waals surface area (Å²) in [5.74, 6) is -1.09. The van der Waals surface area contributed by atoms with Gasteiger partial charge in [-0.2, -0.15) is 0 Å². The Morgan fingerprint density at radius 3 is 2.27 bits per heavy atom. The van der Waals surface area contributed by atoms with E-state index in [4.69, 9.17) is 0 Å². The molecule has 0 bridgehead atoms. The first kappa shape index (κ1) is 19.5. The maximum absolute atomic E-state index is 12.4. The summed E-state index contributed by atoms with van der Waals surface area (Å²) >= 11 is 0. The lowest BCUT2D eigenvalue weighted by Gasteiger charge is -2.25. The van der Waals surface area contributed by atoms with Gasteiger partial charge in [0.15, 0.2) is 5.78 Å². The van der Waals surface area contributed by atoms with Crippen molar-refractivity contribution in [1.82, 2.24) is 0 Å². The predicted octanol–water partition coefficient (Wildman–Crippen LogP) is 2.37. The smallest absolute Gasteiger partial charge is 0.189 e. The third kappa shape index (κ3) is 4.62. The number of hydrogen-bond donors (Lipinski definition) is 5. The molecule has 0 aliphatic rings. The number of ketones is 1. The van der Waals surface area contributed by atoms with Crippen molar-refractivity contribution in [3.8, 4) is 17.2 Å². The summed E-state index contributed by atoms with van der Waals surface area (Å²) in [5, 5.41) is 49.4. The molecule has 0 saturated carbocycles. The van der Waals surface area contributed by atoms with Crippen LogP contribution in [0.3, 0.4) is 0 Å². The average molecular weight is 358 g/mol. The molecular formula is C20H22O6. The number of carbonyl (C=O) groups is 1. The highest BCUT2D eigenvalue weighted by atomic mass is 16.3. The summed E-state index contributed by atoms with van der Waals surface area (Å²) in [6.07, 6.45) is 1.33. The van der Waals surface area contributed by atoms with Crippen LogP contribution in [0, 0.1) is 0 Å². The van der Waals surface area contributed by atoms with Crippen molar-refractivity contribution in [2.24, 2.45) is 0 Å². The van der Waals surface area contributed by atoms with Gasteiger partial charge in [0.1, 0.15) is 17.2 Å². The summed E-state index contributed by atoms with van der Waals surface area (Å²) in [7, 11) is 0. The molecule has 2 aromatic rings. The van der Waals surface area contributed by atoms with Gasteiger partial charge in [0.2, 0.25) is 0 Å². The van der Waals surface area contributed by atoms with Crippen molar-refractivity contribution in [2.75, 3.05) is 0 Å². The van der Waals surface area contributed by atoms with E-state index in [2.05, 4.69) is 0 Å². The number of carbonyl (C=O) groups excluding carboxylic acids is 1. The Morgan fingerprint density at radius 2 is 1.69 bits per heavy atom. The van der Waals surface area contributed by atoms with E-state index in [9.17, 15) is 30.3 Å². The molecule has 0 aliphatic carbocycles. The zero-order valence-corrected chi connectivity index (χ0v) is 14.5. The van der Waals surface area contributed by atoms with Crippen molar-refractivity contribution in [3.05, 3.63) is 59.2 Å². The molecule has 5 N–H and O–H groups in total. The van der Waals surface area contributed by atoms with Crippen LogP contribution in [0.15, 0.2) is 42.5 Å². The molecule has 138 valence electrons. The summed E-state index contributed by atoms with van der Waals surface area (Å²) in [6, 6.07) is 8.76. The van der Waals surface area contributed by atoms with Crippen molar-refractivity contribution in [3.63, 3.8) is 0 Å². The molecule has 6 heteroatoms. The van der Waals surface area contributed by atoms with Crippen LogP contribution < -0.4 is 0 Å². The Bertz CT molecular complexity index is 815. The van der Waals surface area contributed by atoms with Crippen LogP contribution in [0.5, 0.6) is 17.2 Å². The first-order valence-electron chi connectivity index (χ1n) is 8.05. The lowest BCUT2D eigenvalue weighted by Crippen LogP contribution is -2.37. The van der Waals surface area contributed by atoms with Crippen molar-refractivity contribution in [1.29, 1.82) is 0 Å². The average Bonchev–Trinajstić information content (AvgIpc) is 2.56. The fourth-order valence-corrected chi connectivity index (χ4v) is 2.32. The third-order valence-electron chi connectivity index (χ3n) is 4.06. The number of phenols is 3. The third-order valence-corrected chi connectivity index (χ3v) is 4.06. The van der Waals surface area contributed by atoms with Gasteiger partial charge in [-0.3, -0.25) is 4.79 Å². The van der Waals surface area contributed by atoms with Crippen LogP contribution in [0.25, 0.3) is 6.08 Å². The van der Waals surface area contributed by atoms with Crippen LogP contribution in [-0.4, -0.2) is 43.0 Å². The molecule has 0 unspecified atom stereocenters. The number of allylic oxidation sites excluding steroid dienone is 1. The summed E-state index contributed by atoms with van der Waals surface area (Å²) in [5.41, 5.74) is -0.788. The molecule has 0 aliphatic heterocycles. The number of rotatable bonds is 6. The minimum absolute atomic E-state index is 0.0106. The zero-order chi connectivity index (χ0) is 19.5. The fourth-order valence-electron chi connectivity index (χ4n) is 2.32. The number of phenolic OH excluding ortho intramolecular Hbond substituents is 3. The minimum atomic E-state index is -1.43. The standard InChI is InChI=1S/C20H22O6/c1-20(2,26)18(24)11-15-17(23)10-8-14(19(15)25)16(22)9-5-12-3-6-13(21)7-4-12/h3-10,18,21,23-26H,11H2,1-2H3/b9-5+/t18-/m1/s1. The summed E-state index contributed by atoms with van der Waals surface area (Å²) < 4.78 is 0. The zero-order valence-electron chi connectivity index (χ0n) is 14.5. The molecule has 2 aromatic carbocycles. The molecule has 0 radical (unpaired) electrons. The lowest BCUT2D eigenvalue weighted by molar-refractivity contribution is -0.0472. The quantitative estimate of drug-likeness (QED) is 0.400. The second kappa shape index (κ2) is 7.59. The van der Waals surface area contributed by atoms with E-state index in [1.165, 1.54) is 50.3 Å². The highest BCUT2D eigenvalue weighted by Crippen LogP contribution is 2.33. The van der Waals surface area contributed by atoms with Gasteiger partial charge in [-0.1, -0.05) is 18.2 Å². The normalized spacial score (nSPS) is 13.1. The molecule has 0 spiro atoms. The first-order chi connectivity index (χ1) is 12.1. The number of benzene rings is 2. The minimum Gasteiger partial charge on any atom is -0.508 e. The second-order valence-corrected chi connectivity index (χ2v) is 6.62. The van der Waals surface area contributed by atoms with E-state index in [1.54, 1.807) is 12.1 Å². The van der Waals surface area contributed by atoms with Crippen molar-refractivity contribution in [2.45, 2.75) is 32.0 Å². The summed E-state index contributed by atoms with van der Waals surface area (Å²) in [6.45, 7) is 2.81. The van der Waals surface area contributed by atoms with E-state index in [0.29, 0.717) is 5.56 Å². The topological polar surface area (TPSA) is 118 Å². The largest absolute Gasteiger partial charge is 0.508 e. The Hall–Kier alpha value is -2.83. The van der Waals surface area contributed by atoms with Crippen LogP contribution in [0.4, 0.5) is 0 Å². The Kier molecular flexibility index (Phi) is 5.69. The first-order valence-corrected chi connectivity index (χ1v) is 8.05. The molecule has 2 rings (SSSR count). The molecular weight excluding hydrogens is 336 g/mol. The Morgan fingerprint density at radius 1 is 1.08 bits per heavy atom. The highest BCUT2D eigenvalue weighted by molar-refractivity contribution is 6.09. The molecule has 1 atom stereocenters. The van der Waals surface area contributed by atoms with E-state index in [1.807, 2.05) is 0 Å². The van der Waals surface area contributed by atoms with Gasteiger partial charge in [-0.25, -0.2) is 0 Å². The van der Waals surface area contributed by atoms with Gasteiger partial charge < -0.3 is 25.5 Å². The van der Waals surface area contributed by atoms with Gasteiger partial charge in [0.25, 0.3) is 0 Å². The Balaban J connectivity index is 2.28. The molecule has 0 aromatic heterocycles. The van der Waals surface area contributed by atoms with E-state index in [-0.39, 0.29) is 29.0 Å². The number of aliphatic hydroxyl groups is 2. The SMILES string of the molecule is CC(C)(O)[C@H](O)Cc1c(O)ccc(C(=O)/C=C/c2ccc(O)cc2)c1O. The van der Waals surface area contributed by atoms with Gasteiger partial charge in [0, 0.05) is 12.0 Å². The van der Waals surface area contributed by atoms with Crippen molar-refractivity contribution < 1.29 is 30.3 Å². The maximum atomic E-state index is 12.4. The highest BCUT2D eigenvalue weighted by Gasteiger charge is 2.28. The van der Waals surface area contributed by atoms with E-state index >= 15 is 0 Å². The second-order valence-electron chi connectivity index (χ2n) is 6.62. The van der Waals surface area contributed by atoms with Crippen LogP contribution in [-0.2, 0) is 6.42 Å². The lowest BCUT2D eigenvalue weighted by atomic mass is 9.92. The summed E-state index contributed by atoms with van der Waals surface area (Å²) in [4.78, 5) is 12.4. The van der Waals surface area contributed by atoms with Crippen LogP contribution in [0.2, 0.25) is 0 Å². The molecule has 6 nitrogen and oxygen atoms in total. The molecule has 0 saturated heterocycles. The van der Waals surface area contributed by atoms with Crippen molar-refractivity contribution >= 4 is 11.9 Å². The molecule has 0 amide bonds.